The second kappa shape index (κ2) is 31.4. The quantitative estimate of drug-likeness (QED) is 0.0664. The Bertz CT molecular complexity index is 1080. The van der Waals surface area contributed by atoms with Gasteiger partial charge >= 0.3 is 5.97 Å². The molecule has 0 radical (unpaired) electrons. The number of carboxylic acids is 1. The SMILES string of the molecule is CCCCCCCCCCc1c(O)c(CCCCCCCCCC)c2c(c1CCCCCCCCCC)OC(CCCCCCCCCC)(C(=O)O)CC2. The third kappa shape index (κ3) is 19.0. The molecule has 0 saturated carbocycles. The summed E-state index contributed by atoms with van der Waals surface area (Å²) in [7, 11) is 0. The highest BCUT2D eigenvalue weighted by Crippen LogP contribution is 2.47. The van der Waals surface area contributed by atoms with Crippen LogP contribution in [0.3, 0.4) is 0 Å². The number of benzene rings is 1. The number of hydrogen-bond donors (Lipinski definition) is 2. The predicted molar refractivity (Wildman–Crippen MR) is 234 cm³/mol. The van der Waals surface area contributed by atoms with Gasteiger partial charge in [-0.2, -0.15) is 0 Å². The number of fused-ring (bicyclic) bond motifs is 1. The summed E-state index contributed by atoms with van der Waals surface area (Å²) in [6, 6.07) is 0. The average Bonchev–Trinajstić information content (AvgIpc) is 3.17. The van der Waals surface area contributed by atoms with Crippen molar-refractivity contribution < 1.29 is 19.7 Å². The minimum atomic E-state index is -1.16. The summed E-state index contributed by atoms with van der Waals surface area (Å²) in [5, 5.41) is 23.0. The monoisotopic (exact) mass is 755 g/mol. The van der Waals surface area contributed by atoms with Crippen LogP contribution >= 0.6 is 0 Å². The molecular formula is C50H90O4. The summed E-state index contributed by atoms with van der Waals surface area (Å²) in [6.07, 6.45) is 44.3. The van der Waals surface area contributed by atoms with E-state index >= 15 is 0 Å². The van der Waals surface area contributed by atoms with Crippen molar-refractivity contribution in [3.63, 3.8) is 0 Å². The van der Waals surface area contributed by atoms with E-state index in [1.807, 2.05) is 0 Å². The van der Waals surface area contributed by atoms with Crippen LogP contribution in [0, 0.1) is 0 Å². The van der Waals surface area contributed by atoms with E-state index in [9.17, 15) is 15.0 Å². The fourth-order valence-corrected chi connectivity index (χ4v) is 8.97. The van der Waals surface area contributed by atoms with Crippen LogP contribution in [0.2, 0.25) is 0 Å². The molecule has 2 N–H and O–H groups in total. The van der Waals surface area contributed by atoms with E-state index in [0.29, 0.717) is 25.0 Å². The van der Waals surface area contributed by atoms with Crippen molar-refractivity contribution in [2.24, 2.45) is 0 Å². The van der Waals surface area contributed by atoms with Crippen LogP contribution in [-0.4, -0.2) is 21.8 Å². The molecule has 54 heavy (non-hydrogen) atoms. The van der Waals surface area contributed by atoms with Gasteiger partial charge in [0.05, 0.1) is 0 Å². The predicted octanol–water partition coefficient (Wildman–Crippen LogP) is 16.1. The third-order valence-corrected chi connectivity index (χ3v) is 12.6. The van der Waals surface area contributed by atoms with Gasteiger partial charge in [-0.3, -0.25) is 0 Å². The molecule has 4 heteroatoms. The fraction of sp³-hybridized carbons (Fsp3) is 0.860. The van der Waals surface area contributed by atoms with Crippen molar-refractivity contribution in [1.29, 1.82) is 0 Å². The standard InChI is InChI=1S/C50H90O4/c1-5-9-13-17-21-25-29-33-37-43-45(39-35-31-27-23-19-15-11-7-3)48-46(44(47(43)51)38-34-30-26-22-18-14-10-6-2)40-42-50(54-48,49(52)53)41-36-32-28-24-20-16-12-8-4/h51H,5-42H2,1-4H3,(H,52,53). The van der Waals surface area contributed by atoms with Gasteiger partial charge in [0.2, 0.25) is 5.60 Å². The van der Waals surface area contributed by atoms with E-state index in [1.54, 1.807) is 0 Å². The van der Waals surface area contributed by atoms with Gasteiger partial charge in [0.15, 0.2) is 0 Å². The zero-order valence-corrected chi connectivity index (χ0v) is 36.6. The highest BCUT2D eigenvalue weighted by Gasteiger charge is 2.45. The lowest BCUT2D eigenvalue weighted by Gasteiger charge is -2.38. The van der Waals surface area contributed by atoms with Crippen LogP contribution in [0.5, 0.6) is 11.5 Å². The second-order valence-electron chi connectivity index (χ2n) is 17.4. The van der Waals surface area contributed by atoms with Crippen molar-refractivity contribution in [3.05, 3.63) is 22.3 Å². The average molecular weight is 755 g/mol. The van der Waals surface area contributed by atoms with E-state index in [0.717, 1.165) is 79.4 Å². The molecule has 1 unspecified atom stereocenters. The van der Waals surface area contributed by atoms with Crippen LogP contribution in [0.15, 0.2) is 0 Å². The summed E-state index contributed by atoms with van der Waals surface area (Å²) >= 11 is 0. The zero-order chi connectivity index (χ0) is 39.1. The molecule has 1 aliphatic heterocycles. The number of ether oxygens (including phenoxy) is 1. The van der Waals surface area contributed by atoms with Gasteiger partial charge in [0.25, 0.3) is 0 Å². The van der Waals surface area contributed by atoms with Crippen LogP contribution in [0.1, 0.15) is 268 Å². The molecule has 4 nitrogen and oxygen atoms in total. The lowest BCUT2D eigenvalue weighted by Crippen LogP contribution is -2.47. The molecule has 1 atom stereocenters. The minimum Gasteiger partial charge on any atom is -0.507 e. The van der Waals surface area contributed by atoms with Gasteiger partial charge < -0.3 is 14.9 Å². The Morgan fingerprint density at radius 2 is 0.815 bits per heavy atom. The highest BCUT2D eigenvalue weighted by molar-refractivity contribution is 5.79. The van der Waals surface area contributed by atoms with Gasteiger partial charge in [-0.1, -0.05) is 207 Å². The Kier molecular flexibility index (Phi) is 28.2. The molecular weight excluding hydrogens is 665 g/mol. The number of carboxylic acid groups (broad SMARTS) is 1. The molecule has 0 saturated heterocycles. The summed E-state index contributed by atoms with van der Waals surface area (Å²) in [5.74, 6) is 0.605. The molecule has 0 bridgehead atoms. The van der Waals surface area contributed by atoms with Crippen molar-refractivity contribution in [3.8, 4) is 11.5 Å². The molecule has 0 fully saturated rings. The summed E-state index contributed by atoms with van der Waals surface area (Å²) in [6.45, 7) is 9.09. The molecule has 0 aromatic heterocycles. The first-order valence-corrected chi connectivity index (χ1v) is 24.3. The molecule has 0 amide bonds. The largest absolute Gasteiger partial charge is 0.507 e. The lowest BCUT2D eigenvalue weighted by molar-refractivity contribution is -0.158. The van der Waals surface area contributed by atoms with Gasteiger partial charge in [0, 0.05) is 28.7 Å². The first kappa shape index (κ1) is 48.4. The van der Waals surface area contributed by atoms with E-state index in [4.69, 9.17) is 4.74 Å². The first-order valence-electron chi connectivity index (χ1n) is 24.3. The maximum Gasteiger partial charge on any atom is 0.348 e. The summed E-state index contributed by atoms with van der Waals surface area (Å²) < 4.78 is 6.98. The lowest BCUT2D eigenvalue weighted by atomic mass is 9.80. The Balaban J connectivity index is 2.33. The Labute approximate surface area is 335 Å². The summed E-state index contributed by atoms with van der Waals surface area (Å²) in [4.78, 5) is 13.2. The first-order chi connectivity index (χ1) is 26.5. The van der Waals surface area contributed by atoms with E-state index in [2.05, 4.69) is 27.7 Å². The fourth-order valence-electron chi connectivity index (χ4n) is 8.97. The van der Waals surface area contributed by atoms with E-state index < -0.39 is 11.6 Å². The number of aliphatic carboxylic acids is 1. The van der Waals surface area contributed by atoms with Gasteiger partial charge in [0.1, 0.15) is 11.5 Å². The smallest absolute Gasteiger partial charge is 0.348 e. The van der Waals surface area contributed by atoms with Gasteiger partial charge in [-0.15, -0.1) is 0 Å². The molecule has 0 aliphatic carbocycles. The third-order valence-electron chi connectivity index (χ3n) is 12.6. The van der Waals surface area contributed by atoms with Crippen LogP contribution in [0.25, 0.3) is 0 Å². The zero-order valence-electron chi connectivity index (χ0n) is 36.6. The van der Waals surface area contributed by atoms with E-state index in [1.165, 1.54) is 173 Å². The Morgan fingerprint density at radius 1 is 0.481 bits per heavy atom. The molecule has 1 aliphatic rings. The molecule has 2 rings (SSSR count). The molecule has 1 aromatic carbocycles. The van der Waals surface area contributed by atoms with Crippen molar-refractivity contribution in [1.82, 2.24) is 0 Å². The minimum absolute atomic E-state index is 0.504. The molecule has 1 aromatic rings. The number of hydrogen-bond acceptors (Lipinski definition) is 3. The normalized spacial score (nSPS) is 15.4. The number of unbranched alkanes of at least 4 members (excludes halogenated alkanes) is 28. The highest BCUT2D eigenvalue weighted by atomic mass is 16.5. The number of aromatic hydroxyl groups is 1. The van der Waals surface area contributed by atoms with Gasteiger partial charge in [-0.25, -0.2) is 4.79 Å². The van der Waals surface area contributed by atoms with Gasteiger partial charge in [-0.05, 0) is 57.8 Å². The Hall–Kier alpha value is -1.71. The maximum atomic E-state index is 13.2. The summed E-state index contributed by atoms with van der Waals surface area (Å²) in [5.41, 5.74) is 3.29. The number of rotatable bonds is 37. The van der Waals surface area contributed by atoms with Crippen molar-refractivity contribution in [2.75, 3.05) is 0 Å². The van der Waals surface area contributed by atoms with Crippen molar-refractivity contribution >= 4 is 5.97 Å². The van der Waals surface area contributed by atoms with E-state index in [-0.39, 0.29) is 0 Å². The number of phenolic OH excluding ortho intramolecular Hbond substituents is 1. The topological polar surface area (TPSA) is 66.8 Å². The second-order valence-corrected chi connectivity index (χ2v) is 17.4. The van der Waals surface area contributed by atoms with Crippen molar-refractivity contribution in [2.45, 2.75) is 277 Å². The molecule has 1 heterocycles. The Morgan fingerprint density at radius 3 is 1.20 bits per heavy atom. The maximum absolute atomic E-state index is 13.2. The van der Waals surface area contributed by atoms with Crippen LogP contribution in [0.4, 0.5) is 0 Å². The molecule has 314 valence electrons. The van der Waals surface area contributed by atoms with Crippen LogP contribution in [-0.2, 0) is 30.5 Å². The number of phenols is 1. The van der Waals surface area contributed by atoms with Crippen LogP contribution < -0.4 is 4.74 Å². The molecule has 0 spiro atoms. The number of carbonyl (C=O) groups is 1.